The number of anilines is 2. The summed E-state index contributed by atoms with van der Waals surface area (Å²) in [4.78, 5) is 33.8. The number of hydrogen-bond acceptors (Lipinski definition) is 5. The van der Waals surface area contributed by atoms with Gasteiger partial charge in [-0.05, 0) is 49.0 Å². The number of hydrogen-bond donors (Lipinski definition) is 2. The Labute approximate surface area is 188 Å². The fourth-order valence-corrected chi connectivity index (χ4v) is 3.73. The number of nitrogens with one attached hydrogen (secondary N) is 2. The van der Waals surface area contributed by atoms with Gasteiger partial charge in [0.15, 0.2) is 0 Å². The van der Waals surface area contributed by atoms with Crippen molar-refractivity contribution < 1.29 is 9.59 Å². The maximum atomic E-state index is 12.8. The molecule has 1 aliphatic rings. The smallest absolute Gasteiger partial charge is 0.257 e. The second kappa shape index (κ2) is 10.1. The van der Waals surface area contributed by atoms with Gasteiger partial charge in [0.25, 0.3) is 11.8 Å². The zero-order valence-corrected chi connectivity index (χ0v) is 18.1. The van der Waals surface area contributed by atoms with Crippen LogP contribution in [0.25, 0.3) is 0 Å². The molecule has 0 bridgehead atoms. The van der Waals surface area contributed by atoms with Crippen LogP contribution >= 0.6 is 0 Å². The highest BCUT2D eigenvalue weighted by Crippen LogP contribution is 2.22. The van der Waals surface area contributed by atoms with Gasteiger partial charge in [-0.3, -0.25) is 14.6 Å². The van der Waals surface area contributed by atoms with Crippen molar-refractivity contribution in [1.29, 1.82) is 0 Å². The van der Waals surface area contributed by atoms with Gasteiger partial charge in [0.1, 0.15) is 0 Å². The van der Waals surface area contributed by atoms with Gasteiger partial charge >= 0.3 is 0 Å². The van der Waals surface area contributed by atoms with Crippen LogP contribution in [0.3, 0.4) is 0 Å². The van der Waals surface area contributed by atoms with Crippen molar-refractivity contribution in [3.63, 3.8) is 0 Å². The van der Waals surface area contributed by atoms with Crippen LogP contribution in [0, 0.1) is 0 Å². The molecule has 0 aliphatic carbocycles. The molecule has 0 radical (unpaired) electrons. The molecule has 1 aliphatic heterocycles. The highest BCUT2D eigenvalue weighted by Gasteiger charge is 2.17. The molecule has 0 unspecified atom stereocenters. The lowest BCUT2D eigenvalue weighted by molar-refractivity contribution is 0.0949. The van der Waals surface area contributed by atoms with E-state index in [1.54, 1.807) is 42.6 Å². The number of amides is 2. The Hall–Kier alpha value is -3.71. The van der Waals surface area contributed by atoms with E-state index in [4.69, 9.17) is 0 Å². The zero-order chi connectivity index (χ0) is 22.3. The summed E-state index contributed by atoms with van der Waals surface area (Å²) in [6, 6.07) is 18.5. The normalized spacial score (nSPS) is 14.1. The van der Waals surface area contributed by atoms with Crippen LogP contribution in [-0.2, 0) is 6.54 Å². The van der Waals surface area contributed by atoms with E-state index in [0.29, 0.717) is 23.4 Å². The monoisotopic (exact) mass is 429 g/mol. The number of likely N-dealkylation sites (N-methyl/N-ethyl adjacent to an activating group) is 1. The van der Waals surface area contributed by atoms with Crippen molar-refractivity contribution >= 4 is 23.2 Å². The molecule has 0 spiro atoms. The molecular formula is C25H27N5O2. The van der Waals surface area contributed by atoms with Crippen LogP contribution in [0.5, 0.6) is 0 Å². The molecule has 164 valence electrons. The standard InChI is InChI=1S/C25H27N5O2/c1-29-12-14-30(15-13-29)23-10-3-2-6-20(23)18-27-24(31)19-7-4-9-22(16-19)28-25(32)21-8-5-11-26-17-21/h2-11,16-17H,12-15,18H2,1H3,(H,27,31)(H,28,32). The van der Waals surface area contributed by atoms with Gasteiger partial charge in [-0.1, -0.05) is 24.3 Å². The van der Waals surface area contributed by atoms with E-state index < -0.39 is 0 Å². The maximum absolute atomic E-state index is 12.8. The molecule has 2 N–H and O–H groups in total. The van der Waals surface area contributed by atoms with Crippen molar-refractivity contribution in [3.05, 3.63) is 89.7 Å². The van der Waals surface area contributed by atoms with Crippen molar-refractivity contribution in [3.8, 4) is 0 Å². The second-order valence-electron chi connectivity index (χ2n) is 7.88. The Morgan fingerprint density at radius 1 is 0.906 bits per heavy atom. The number of carbonyl (C=O) groups is 2. The predicted molar refractivity (Wildman–Crippen MR) is 126 cm³/mol. The van der Waals surface area contributed by atoms with Gasteiger partial charge in [0.05, 0.1) is 5.56 Å². The Morgan fingerprint density at radius 3 is 2.47 bits per heavy atom. The summed E-state index contributed by atoms with van der Waals surface area (Å²) in [5, 5.41) is 5.83. The minimum atomic E-state index is -0.267. The molecule has 32 heavy (non-hydrogen) atoms. The minimum Gasteiger partial charge on any atom is -0.369 e. The maximum Gasteiger partial charge on any atom is 0.257 e. The van der Waals surface area contributed by atoms with Crippen LogP contribution < -0.4 is 15.5 Å². The van der Waals surface area contributed by atoms with E-state index in [2.05, 4.69) is 44.6 Å². The molecule has 1 aromatic heterocycles. The van der Waals surface area contributed by atoms with Crippen molar-refractivity contribution in [1.82, 2.24) is 15.2 Å². The highest BCUT2D eigenvalue weighted by molar-refractivity contribution is 6.04. The van der Waals surface area contributed by atoms with Gasteiger partial charge in [-0.2, -0.15) is 0 Å². The quantitative estimate of drug-likeness (QED) is 0.630. The van der Waals surface area contributed by atoms with E-state index in [9.17, 15) is 9.59 Å². The van der Waals surface area contributed by atoms with Gasteiger partial charge in [-0.25, -0.2) is 0 Å². The minimum absolute atomic E-state index is 0.185. The molecule has 1 fully saturated rings. The van der Waals surface area contributed by atoms with Crippen LogP contribution in [-0.4, -0.2) is 54.9 Å². The molecule has 7 nitrogen and oxygen atoms in total. The van der Waals surface area contributed by atoms with Gasteiger partial charge in [0.2, 0.25) is 0 Å². The van der Waals surface area contributed by atoms with Crippen LogP contribution in [0.2, 0.25) is 0 Å². The molecule has 1 saturated heterocycles. The average Bonchev–Trinajstić information content (AvgIpc) is 2.84. The summed E-state index contributed by atoms with van der Waals surface area (Å²) in [6.07, 6.45) is 3.12. The molecule has 2 aromatic carbocycles. The van der Waals surface area contributed by atoms with E-state index >= 15 is 0 Å². The molecular weight excluding hydrogens is 402 g/mol. The Balaban J connectivity index is 1.40. The largest absolute Gasteiger partial charge is 0.369 e. The SMILES string of the molecule is CN1CCN(c2ccccc2CNC(=O)c2cccc(NC(=O)c3cccnc3)c2)CC1. The lowest BCUT2D eigenvalue weighted by atomic mass is 10.1. The van der Waals surface area contributed by atoms with Crippen molar-refractivity contribution in [2.75, 3.05) is 43.4 Å². The third-order valence-corrected chi connectivity index (χ3v) is 5.58. The molecule has 2 heterocycles. The van der Waals surface area contributed by atoms with E-state index in [1.807, 2.05) is 12.1 Å². The lowest BCUT2D eigenvalue weighted by Crippen LogP contribution is -2.45. The first-order valence-electron chi connectivity index (χ1n) is 10.7. The third-order valence-electron chi connectivity index (χ3n) is 5.58. The van der Waals surface area contributed by atoms with E-state index in [0.717, 1.165) is 31.7 Å². The van der Waals surface area contributed by atoms with Crippen molar-refractivity contribution in [2.24, 2.45) is 0 Å². The van der Waals surface area contributed by atoms with E-state index in [-0.39, 0.29) is 11.8 Å². The first-order valence-corrected chi connectivity index (χ1v) is 10.7. The van der Waals surface area contributed by atoms with Gasteiger partial charge in [0, 0.05) is 62.1 Å². The molecule has 7 heteroatoms. The fraction of sp³-hybridized carbons (Fsp3) is 0.240. The number of rotatable bonds is 6. The highest BCUT2D eigenvalue weighted by atomic mass is 16.2. The lowest BCUT2D eigenvalue weighted by Gasteiger charge is -2.35. The van der Waals surface area contributed by atoms with Gasteiger partial charge < -0.3 is 20.4 Å². The summed E-state index contributed by atoms with van der Waals surface area (Å²) in [6.45, 7) is 4.43. The predicted octanol–water partition coefficient (Wildman–Crippen LogP) is 3.02. The topological polar surface area (TPSA) is 77.6 Å². The summed E-state index contributed by atoms with van der Waals surface area (Å²) < 4.78 is 0. The fourth-order valence-electron chi connectivity index (χ4n) is 3.73. The number of benzene rings is 2. The number of carbonyl (C=O) groups excluding carboxylic acids is 2. The second-order valence-corrected chi connectivity index (χ2v) is 7.88. The first kappa shape index (κ1) is 21.5. The molecule has 0 saturated carbocycles. The molecule has 3 aromatic rings. The molecule has 4 rings (SSSR count). The Bertz CT molecular complexity index is 1080. The molecule has 2 amide bonds. The van der Waals surface area contributed by atoms with E-state index in [1.165, 1.54) is 11.9 Å². The summed E-state index contributed by atoms with van der Waals surface area (Å²) in [5.41, 5.74) is 3.77. The number of aromatic nitrogens is 1. The summed E-state index contributed by atoms with van der Waals surface area (Å²) >= 11 is 0. The Morgan fingerprint density at radius 2 is 1.69 bits per heavy atom. The van der Waals surface area contributed by atoms with Crippen molar-refractivity contribution in [2.45, 2.75) is 6.54 Å². The number of para-hydroxylation sites is 1. The number of nitrogens with zero attached hydrogens (tertiary/aromatic N) is 3. The van der Waals surface area contributed by atoms with Crippen LogP contribution in [0.15, 0.2) is 73.1 Å². The Kier molecular flexibility index (Phi) is 6.77. The molecule has 0 atom stereocenters. The third kappa shape index (κ3) is 5.31. The summed E-state index contributed by atoms with van der Waals surface area (Å²) in [5.74, 6) is -0.451. The van der Waals surface area contributed by atoms with Crippen LogP contribution in [0.1, 0.15) is 26.3 Å². The number of pyridine rings is 1. The van der Waals surface area contributed by atoms with Crippen LogP contribution in [0.4, 0.5) is 11.4 Å². The van der Waals surface area contributed by atoms with Gasteiger partial charge in [-0.15, -0.1) is 0 Å². The zero-order valence-electron chi connectivity index (χ0n) is 18.1. The summed E-state index contributed by atoms with van der Waals surface area (Å²) in [7, 11) is 2.14. The average molecular weight is 430 g/mol. The first-order chi connectivity index (χ1) is 15.6. The number of piperazine rings is 1.